The van der Waals surface area contributed by atoms with E-state index in [-0.39, 0.29) is 5.92 Å². The van der Waals surface area contributed by atoms with Crippen molar-refractivity contribution in [3.8, 4) is 0 Å². The fourth-order valence-corrected chi connectivity index (χ4v) is 1.82. The third-order valence-electron chi connectivity index (χ3n) is 2.60. The summed E-state index contributed by atoms with van der Waals surface area (Å²) in [6.45, 7) is 7.80. The molecule has 0 saturated carbocycles. The minimum absolute atomic E-state index is 0.242. The predicted octanol–water partition coefficient (Wildman–Crippen LogP) is 0.854. The molecule has 1 atom stereocenters. The summed E-state index contributed by atoms with van der Waals surface area (Å²) in [4.78, 5) is 13.8. The molecule has 1 unspecified atom stereocenters. The molecule has 1 amide bonds. The molecule has 0 aromatic heterocycles. The topological polar surface area (TPSA) is 32.3 Å². The first-order valence-electron chi connectivity index (χ1n) is 5.29. The van der Waals surface area contributed by atoms with Gasteiger partial charge in [-0.25, -0.2) is 0 Å². The van der Waals surface area contributed by atoms with Crippen molar-refractivity contribution in [2.45, 2.75) is 26.7 Å². The molecule has 1 N–H and O–H groups in total. The van der Waals surface area contributed by atoms with Gasteiger partial charge in [-0.1, -0.05) is 6.92 Å². The van der Waals surface area contributed by atoms with Gasteiger partial charge in [0.1, 0.15) is 0 Å². The highest BCUT2D eigenvalue weighted by atomic mass is 16.2. The number of nitrogens with zero attached hydrogens (tertiary/aromatic N) is 1. The highest BCUT2D eigenvalue weighted by molar-refractivity contribution is 5.79. The third-order valence-corrected chi connectivity index (χ3v) is 2.60. The smallest absolute Gasteiger partial charge is 0.227 e. The van der Waals surface area contributed by atoms with Gasteiger partial charge in [0.05, 0.1) is 5.92 Å². The van der Waals surface area contributed by atoms with Gasteiger partial charge >= 0.3 is 0 Å². The van der Waals surface area contributed by atoms with Crippen LogP contribution < -0.4 is 5.32 Å². The molecule has 0 aromatic carbocycles. The Morgan fingerprint density at radius 1 is 1.54 bits per heavy atom. The number of amides is 1. The molecule has 3 nitrogen and oxygen atoms in total. The second kappa shape index (κ2) is 5.22. The molecule has 0 spiro atoms. The maximum Gasteiger partial charge on any atom is 0.227 e. The van der Waals surface area contributed by atoms with Crippen LogP contribution in [0.5, 0.6) is 0 Å². The Morgan fingerprint density at radius 3 is 2.77 bits per heavy atom. The Bertz CT molecular complexity index is 164. The minimum Gasteiger partial charge on any atom is -0.343 e. The van der Waals surface area contributed by atoms with Crippen molar-refractivity contribution < 1.29 is 4.79 Å². The van der Waals surface area contributed by atoms with E-state index in [1.165, 1.54) is 0 Å². The SMILES string of the molecule is CCCN(CC)C(=O)C1CCNC1. The van der Waals surface area contributed by atoms with Crippen molar-refractivity contribution in [3.05, 3.63) is 0 Å². The fraction of sp³-hybridized carbons (Fsp3) is 0.900. The molecule has 13 heavy (non-hydrogen) atoms. The zero-order valence-electron chi connectivity index (χ0n) is 8.68. The summed E-state index contributed by atoms with van der Waals surface area (Å²) in [5.41, 5.74) is 0. The number of nitrogens with one attached hydrogen (secondary N) is 1. The maximum atomic E-state index is 11.9. The van der Waals surface area contributed by atoms with E-state index in [1.54, 1.807) is 0 Å². The summed E-state index contributed by atoms with van der Waals surface area (Å²) < 4.78 is 0. The molecular weight excluding hydrogens is 164 g/mol. The molecule has 0 radical (unpaired) electrons. The van der Waals surface area contributed by atoms with Gasteiger partial charge in [0.2, 0.25) is 5.91 Å². The molecule has 1 fully saturated rings. The van der Waals surface area contributed by atoms with E-state index in [1.807, 2.05) is 4.90 Å². The van der Waals surface area contributed by atoms with Crippen LogP contribution in [0.1, 0.15) is 26.7 Å². The van der Waals surface area contributed by atoms with Crippen molar-refractivity contribution in [3.63, 3.8) is 0 Å². The summed E-state index contributed by atoms with van der Waals surface area (Å²) in [5, 5.41) is 3.23. The Morgan fingerprint density at radius 2 is 2.31 bits per heavy atom. The van der Waals surface area contributed by atoms with E-state index in [4.69, 9.17) is 0 Å². The Balaban J connectivity index is 2.42. The summed E-state index contributed by atoms with van der Waals surface area (Å²) in [6, 6.07) is 0. The minimum atomic E-state index is 0.242. The number of carbonyl (C=O) groups is 1. The first-order valence-corrected chi connectivity index (χ1v) is 5.29. The lowest BCUT2D eigenvalue weighted by molar-refractivity contribution is -0.134. The van der Waals surface area contributed by atoms with Gasteiger partial charge in [-0.2, -0.15) is 0 Å². The maximum absolute atomic E-state index is 11.9. The van der Waals surface area contributed by atoms with Crippen LogP contribution in [-0.4, -0.2) is 37.0 Å². The van der Waals surface area contributed by atoms with E-state index >= 15 is 0 Å². The van der Waals surface area contributed by atoms with Crippen LogP contribution in [0.25, 0.3) is 0 Å². The molecule has 0 bridgehead atoms. The highest BCUT2D eigenvalue weighted by Gasteiger charge is 2.25. The first kappa shape index (κ1) is 10.5. The summed E-state index contributed by atoms with van der Waals surface area (Å²) in [5.74, 6) is 0.584. The zero-order valence-corrected chi connectivity index (χ0v) is 8.68. The number of rotatable bonds is 4. The summed E-state index contributed by atoms with van der Waals surface area (Å²) >= 11 is 0. The molecule has 1 saturated heterocycles. The van der Waals surface area contributed by atoms with Crippen molar-refractivity contribution in [2.75, 3.05) is 26.2 Å². The standard InChI is InChI=1S/C10H20N2O/c1-3-7-12(4-2)10(13)9-5-6-11-8-9/h9,11H,3-8H2,1-2H3. The highest BCUT2D eigenvalue weighted by Crippen LogP contribution is 2.11. The van der Waals surface area contributed by atoms with Crippen molar-refractivity contribution in [1.82, 2.24) is 10.2 Å². The van der Waals surface area contributed by atoms with Crippen LogP contribution in [0.4, 0.5) is 0 Å². The lowest BCUT2D eigenvalue weighted by atomic mass is 10.1. The van der Waals surface area contributed by atoms with Crippen LogP contribution in [0, 0.1) is 5.92 Å². The second-order valence-corrected chi connectivity index (χ2v) is 3.61. The quantitative estimate of drug-likeness (QED) is 0.702. The molecule has 1 aliphatic heterocycles. The average molecular weight is 184 g/mol. The summed E-state index contributed by atoms with van der Waals surface area (Å²) in [6.07, 6.45) is 2.07. The molecule has 76 valence electrons. The van der Waals surface area contributed by atoms with E-state index in [0.29, 0.717) is 5.91 Å². The fourth-order valence-electron chi connectivity index (χ4n) is 1.82. The second-order valence-electron chi connectivity index (χ2n) is 3.61. The Kier molecular flexibility index (Phi) is 4.22. The Hall–Kier alpha value is -0.570. The molecule has 1 heterocycles. The van der Waals surface area contributed by atoms with Gasteiger partial charge in [-0.05, 0) is 26.3 Å². The summed E-state index contributed by atoms with van der Waals surface area (Å²) in [7, 11) is 0. The Labute approximate surface area is 80.5 Å². The van der Waals surface area contributed by atoms with E-state index < -0.39 is 0 Å². The average Bonchev–Trinajstić information content (AvgIpc) is 2.65. The van der Waals surface area contributed by atoms with Crippen molar-refractivity contribution in [1.29, 1.82) is 0 Å². The number of carbonyl (C=O) groups excluding carboxylic acids is 1. The molecule has 1 rings (SSSR count). The van der Waals surface area contributed by atoms with E-state index in [0.717, 1.165) is 39.0 Å². The molecular formula is C10H20N2O. The first-order chi connectivity index (χ1) is 6.29. The number of hydrogen-bond donors (Lipinski definition) is 1. The van der Waals surface area contributed by atoms with Crippen LogP contribution in [-0.2, 0) is 4.79 Å². The monoisotopic (exact) mass is 184 g/mol. The predicted molar refractivity (Wildman–Crippen MR) is 53.5 cm³/mol. The lowest BCUT2D eigenvalue weighted by Crippen LogP contribution is -2.37. The van der Waals surface area contributed by atoms with Gasteiger partial charge < -0.3 is 10.2 Å². The van der Waals surface area contributed by atoms with Crippen LogP contribution >= 0.6 is 0 Å². The van der Waals surface area contributed by atoms with Crippen LogP contribution in [0.3, 0.4) is 0 Å². The van der Waals surface area contributed by atoms with Crippen molar-refractivity contribution in [2.24, 2.45) is 5.92 Å². The molecule has 0 aromatic rings. The number of hydrogen-bond acceptors (Lipinski definition) is 2. The lowest BCUT2D eigenvalue weighted by Gasteiger charge is -2.23. The van der Waals surface area contributed by atoms with Crippen LogP contribution in [0.2, 0.25) is 0 Å². The molecule has 1 aliphatic rings. The van der Waals surface area contributed by atoms with Crippen LogP contribution in [0.15, 0.2) is 0 Å². The van der Waals surface area contributed by atoms with Crippen molar-refractivity contribution >= 4 is 5.91 Å². The van der Waals surface area contributed by atoms with E-state index in [9.17, 15) is 4.79 Å². The molecule has 3 heteroatoms. The largest absolute Gasteiger partial charge is 0.343 e. The third kappa shape index (κ3) is 2.69. The van der Waals surface area contributed by atoms with Gasteiger partial charge in [-0.3, -0.25) is 4.79 Å². The normalized spacial score (nSPS) is 21.8. The van der Waals surface area contributed by atoms with Gasteiger partial charge in [-0.15, -0.1) is 0 Å². The molecule has 0 aliphatic carbocycles. The zero-order chi connectivity index (χ0) is 9.68. The van der Waals surface area contributed by atoms with Gasteiger partial charge in [0.25, 0.3) is 0 Å². The van der Waals surface area contributed by atoms with Gasteiger partial charge in [0, 0.05) is 19.6 Å². The van der Waals surface area contributed by atoms with Gasteiger partial charge in [0.15, 0.2) is 0 Å². The van der Waals surface area contributed by atoms with E-state index in [2.05, 4.69) is 19.2 Å².